The summed E-state index contributed by atoms with van der Waals surface area (Å²) in [6.45, 7) is 10.3. The number of nitrogens with one attached hydrogen (secondary N) is 1. The number of hydrogen-bond acceptors (Lipinski definition) is 2. The fourth-order valence-electron chi connectivity index (χ4n) is 4.36. The second-order valence-electron chi connectivity index (χ2n) is 8.98. The minimum atomic E-state index is 0.0121. The average molecular weight is 382 g/mol. The molecule has 0 spiro atoms. The van der Waals surface area contributed by atoms with Crippen molar-refractivity contribution in [1.29, 1.82) is 0 Å². The van der Waals surface area contributed by atoms with Crippen LogP contribution in [0.15, 0.2) is 18.2 Å². The van der Waals surface area contributed by atoms with Crippen molar-refractivity contribution >= 4 is 22.7 Å². The van der Waals surface area contributed by atoms with Crippen LogP contribution in [-0.2, 0) is 4.79 Å². The molecule has 1 aliphatic heterocycles. The third kappa shape index (κ3) is 3.54. The number of rotatable bonds is 4. The van der Waals surface area contributed by atoms with Gasteiger partial charge in [0.25, 0.3) is 5.91 Å². The summed E-state index contributed by atoms with van der Waals surface area (Å²) in [6.07, 6.45) is 2.87. The van der Waals surface area contributed by atoms with Gasteiger partial charge in [0.2, 0.25) is 5.91 Å². The van der Waals surface area contributed by atoms with E-state index in [9.17, 15) is 9.59 Å². The third-order valence-corrected chi connectivity index (χ3v) is 6.36. The topological polar surface area (TPSA) is 56.4 Å². The minimum Gasteiger partial charge on any atom is -0.350 e. The molecule has 2 aromatic rings. The number of H-pyrrole nitrogens is 1. The van der Waals surface area contributed by atoms with Crippen LogP contribution in [0.1, 0.15) is 54.7 Å². The molecule has 5 heteroatoms. The number of nitrogens with zero attached hydrogens (tertiary/aromatic N) is 2. The normalized spacial score (nSPS) is 20.9. The summed E-state index contributed by atoms with van der Waals surface area (Å²) in [4.78, 5) is 33.5. The van der Waals surface area contributed by atoms with Crippen LogP contribution in [0.25, 0.3) is 10.9 Å². The van der Waals surface area contributed by atoms with Crippen molar-refractivity contribution in [3.05, 3.63) is 35.0 Å². The molecule has 2 heterocycles. The molecular weight excluding hydrogens is 350 g/mol. The maximum atomic E-state index is 13.4. The Labute approximate surface area is 167 Å². The Morgan fingerprint density at radius 1 is 1.25 bits per heavy atom. The molecule has 1 saturated carbocycles. The standard InChI is InChI=1S/C23H31N3O2/c1-14(2)20-13-25(10-9-21(27)26(20)12-17-6-7-17)23(28)22-16(4)18-11-15(3)5-8-19(18)24-22/h5,8,11,14,17,20,24H,6-7,9-10,12-13H2,1-4H3. The van der Waals surface area contributed by atoms with Crippen LogP contribution in [0.5, 0.6) is 0 Å². The maximum Gasteiger partial charge on any atom is 0.270 e. The van der Waals surface area contributed by atoms with Crippen molar-refractivity contribution in [2.45, 2.75) is 53.0 Å². The van der Waals surface area contributed by atoms with Gasteiger partial charge < -0.3 is 14.8 Å². The van der Waals surface area contributed by atoms with Crippen LogP contribution < -0.4 is 0 Å². The number of fused-ring (bicyclic) bond motifs is 1. The molecule has 5 nitrogen and oxygen atoms in total. The monoisotopic (exact) mass is 381 g/mol. The third-order valence-electron chi connectivity index (χ3n) is 6.36. The summed E-state index contributed by atoms with van der Waals surface area (Å²) in [5.41, 5.74) is 3.83. The summed E-state index contributed by atoms with van der Waals surface area (Å²) in [7, 11) is 0. The van der Waals surface area contributed by atoms with Crippen molar-refractivity contribution in [3.8, 4) is 0 Å². The highest BCUT2D eigenvalue weighted by Crippen LogP contribution is 2.32. The molecule has 1 aliphatic carbocycles. The highest BCUT2D eigenvalue weighted by molar-refractivity contribution is 6.01. The molecule has 0 bridgehead atoms. The summed E-state index contributed by atoms with van der Waals surface area (Å²) >= 11 is 0. The van der Waals surface area contributed by atoms with E-state index in [1.807, 2.05) is 17.9 Å². The Balaban J connectivity index is 1.62. The largest absolute Gasteiger partial charge is 0.350 e. The van der Waals surface area contributed by atoms with Gasteiger partial charge in [0.15, 0.2) is 0 Å². The predicted octanol–water partition coefficient (Wildman–Crippen LogP) is 3.89. The van der Waals surface area contributed by atoms with Crippen molar-refractivity contribution in [3.63, 3.8) is 0 Å². The Kier molecular flexibility index (Phi) is 4.94. The lowest BCUT2D eigenvalue weighted by Crippen LogP contribution is -2.48. The van der Waals surface area contributed by atoms with E-state index in [0.717, 1.165) is 23.0 Å². The van der Waals surface area contributed by atoms with Gasteiger partial charge in [-0.25, -0.2) is 0 Å². The molecule has 1 unspecified atom stereocenters. The molecule has 2 aliphatic rings. The summed E-state index contributed by atoms with van der Waals surface area (Å²) in [5.74, 6) is 1.19. The van der Waals surface area contributed by atoms with Gasteiger partial charge in [-0.05, 0) is 56.2 Å². The zero-order valence-electron chi connectivity index (χ0n) is 17.4. The molecule has 1 saturated heterocycles. The average Bonchev–Trinajstić information content (AvgIpc) is 3.44. The molecule has 0 radical (unpaired) electrons. The van der Waals surface area contributed by atoms with Crippen LogP contribution in [0, 0.1) is 25.7 Å². The van der Waals surface area contributed by atoms with Crippen LogP contribution in [0.3, 0.4) is 0 Å². The molecule has 2 fully saturated rings. The van der Waals surface area contributed by atoms with Crippen molar-refractivity contribution in [1.82, 2.24) is 14.8 Å². The van der Waals surface area contributed by atoms with Crippen LogP contribution >= 0.6 is 0 Å². The van der Waals surface area contributed by atoms with Gasteiger partial charge in [-0.3, -0.25) is 9.59 Å². The number of hydrogen-bond donors (Lipinski definition) is 1. The zero-order chi connectivity index (χ0) is 20.0. The number of aromatic amines is 1. The number of carbonyl (C=O) groups excluding carboxylic acids is 2. The molecule has 1 aromatic heterocycles. The second kappa shape index (κ2) is 7.26. The molecule has 1 atom stereocenters. The molecule has 4 rings (SSSR count). The SMILES string of the molecule is Cc1ccc2[nH]c(C(=O)N3CCC(=O)N(CC4CC4)C(C(C)C)C3)c(C)c2c1. The highest BCUT2D eigenvalue weighted by atomic mass is 16.2. The number of aryl methyl sites for hydroxylation is 2. The Morgan fingerprint density at radius 2 is 2.00 bits per heavy atom. The van der Waals surface area contributed by atoms with E-state index >= 15 is 0 Å². The van der Waals surface area contributed by atoms with Gasteiger partial charge in [-0.15, -0.1) is 0 Å². The Bertz CT molecular complexity index is 910. The molecule has 1 aromatic carbocycles. The van der Waals surface area contributed by atoms with Crippen LogP contribution in [-0.4, -0.2) is 52.3 Å². The second-order valence-corrected chi connectivity index (χ2v) is 8.98. The van der Waals surface area contributed by atoms with Gasteiger partial charge in [0.05, 0.1) is 6.04 Å². The first-order chi connectivity index (χ1) is 13.3. The van der Waals surface area contributed by atoms with E-state index in [-0.39, 0.29) is 17.9 Å². The van der Waals surface area contributed by atoms with E-state index in [4.69, 9.17) is 0 Å². The number of amides is 2. The Hall–Kier alpha value is -2.30. The summed E-state index contributed by atoms with van der Waals surface area (Å²) in [5, 5.41) is 1.10. The fourth-order valence-corrected chi connectivity index (χ4v) is 4.36. The summed E-state index contributed by atoms with van der Waals surface area (Å²) in [6, 6.07) is 6.31. The first kappa shape index (κ1) is 19.0. The van der Waals surface area contributed by atoms with Gasteiger partial charge in [-0.2, -0.15) is 0 Å². The highest BCUT2D eigenvalue weighted by Gasteiger charge is 2.37. The van der Waals surface area contributed by atoms with Gasteiger partial charge in [0.1, 0.15) is 5.69 Å². The van der Waals surface area contributed by atoms with E-state index in [1.54, 1.807) is 0 Å². The number of benzene rings is 1. The smallest absolute Gasteiger partial charge is 0.270 e. The number of carbonyl (C=O) groups is 2. The van der Waals surface area contributed by atoms with E-state index in [0.29, 0.717) is 37.0 Å². The Morgan fingerprint density at radius 3 is 2.68 bits per heavy atom. The van der Waals surface area contributed by atoms with E-state index in [2.05, 4.69) is 42.8 Å². The maximum absolute atomic E-state index is 13.4. The van der Waals surface area contributed by atoms with Crippen molar-refractivity contribution in [2.75, 3.05) is 19.6 Å². The lowest BCUT2D eigenvalue weighted by atomic mass is 10.0. The number of aromatic nitrogens is 1. The first-order valence-corrected chi connectivity index (χ1v) is 10.5. The minimum absolute atomic E-state index is 0.0121. The lowest BCUT2D eigenvalue weighted by Gasteiger charge is -2.34. The predicted molar refractivity (Wildman–Crippen MR) is 111 cm³/mol. The van der Waals surface area contributed by atoms with Crippen molar-refractivity contribution in [2.24, 2.45) is 11.8 Å². The molecule has 1 N–H and O–H groups in total. The molecule has 28 heavy (non-hydrogen) atoms. The van der Waals surface area contributed by atoms with Gasteiger partial charge in [-0.1, -0.05) is 25.5 Å². The summed E-state index contributed by atoms with van der Waals surface area (Å²) < 4.78 is 0. The molecular formula is C23H31N3O2. The van der Waals surface area contributed by atoms with E-state index in [1.165, 1.54) is 18.4 Å². The fraction of sp³-hybridized carbons (Fsp3) is 0.565. The molecule has 150 valence electrons. The lowest BCUT2D eigenvalue weighted by molar-refractivity contribution is -0.133. The zero-order valence-corrected chi connectivity index (χ0v) is 17.4. The van der Waals surface area contributed by atoms with Crippen molar-refractivity contribution < 1.29 is 9.59 Å². The van der Waals surface area contributed by atoms with Gasteiger partial charge >= 0.3 is 0 Å². The van der Waals surface area contributed by atoms with Crippen LogP contribution in [0.4, 0.5) is 0 Å². The van der Waals surface area contributed by atoms with E-state index < -0.39 is 0 Å². The first-order valence-electron chi connectivity index (χ1n) is 10.5. The van der Waals surface area contributed by atoms with Crippen LogP contribution in [0.2, 0.25) is 0 Å². The molecule has 2 amide bonds. The van der Waals surface area contributed by atoms with Gasteiger partial charge in [0, 0.05) is 37.0 Å². The quantitative estimate of drug-likeness (QED) is 0.873.